The molecule has 0 N–H and O–H groups in total. The molecule has 0 aliphatic heterocycles. The number of carbonyl (C=O) groups excluding carboxylic acids is 1. The Bertz CT molecular complexity index is 221. The van der Waals surface area contributed by atoms with Gasteiger partial charge in [0.15, 0.2) is 0 Å². The van der Waals surface area contributed by atoms with Crippen molar-refractivity contribution in [3.05, 3.63) is 0 Å². The summed E-state index contributed by atoms with van der Waals surface area (Å²) in [7, 11) is 0. The summed E-state index contributed by atoms with van der Waals surface area (Å²) in [5, 5.41) is 0. The van der Waals surface area contributed by atoms with Gasteiger partial charge in [0, 0.05) is 12.8 Å². The van der Waals surface area contributed by atoms with Gasteiger partial charge in [-0.2, -0.15) is 0 Å². The highest BCUT2D eigenvalue weighted by Gasteiger charge is 2.68. The maximum Gasteiger partial charge on any atom is 0.133 e. The van der Waals surface area contributed by atoms with Crippen LogP contribution in [0.25, 0.3) is 0 Å². The van der Waals surface area contributed by atoms with Crippen LogP contribution in [-0.2, 0) is 4.79 Å². The summed E-state index contributed by atoms with van der Waals surface area (Å²) in [6.45, 7) is 0. The van der Waals surface area contributed by atoms with Gasteiger partial charge >= 0.3 is 0 Å². The zero-order valence-electron chi connectivity index (χ0n) is 6.81. The smallest absolute Gasteiger partial charge is 0.133 e. The van der Waals surface area contributed by atoms with Crippen LogP contribution in [0.15, 0.2) is 0 Å². The topological polar surface area (TPSA) is 17.1 Å². The van der Waals surface area contributed by atoms with Crippen molar-refractivity contribution in [2.75, 3.05) is 0 Å². The summed E-state index contributed by atoms with van der Waals surface area (Å²) >= 11 is 0. The third kappa shape index (κ3) is 0.605. The molecule has 0 bridgehead atoms. The highest BCUT2D eigenvalue weighted by atomic mass is 16.1. The molecule has 3 unspecified atom stereocenters. The van der Waals surface area contributed by atoms with E-state index in [2.05, 4.69) is 0 Å². The van der Waals surface area contributed by atoms with Gasteiger partial charge in [0.2, 0.25) is 0 Å². The molecule has 0 aromatic heterocycles. The van der Waals surface area contributed by atoms with Crippen molar-refractivity contribution < 1.29 is 4.79 Å². The first-order valence-electron chi connectivity index (χ1n) is 4.85. The summed E-state index contributed by atoms with van der Waals surface area (Å²) in [4.78, 5) is 11.1. The van der Waals surface area contributed by atoms with Gasteiger partial charge in [-0.05, 0) is 30.1 Å². The Morgan fingerprint density at radius 3 is 3.09 bits per heavy atom. The predicted molar refractivity (Wildman–Crippen MR) is 42.1 cm³/mol. The minimum Gasteiger partial charge on any atom is -0.300 e. The average Bonchev–Trinajstić information content (AvgIpc) is 2.47. The van der Waals surface area contributed by atoms with Crippen molar-refractivity contribution in [2.45, 2.75) is 38.5 Å². The lowest BCUT2D eigenvalue weighted by atomic mass is 9.86. The Balaban J connectivity index is 1.88. The first-order chi connectivity index (χ1) is 5.33. The molecule has 0 aromatic rings. The van der Waals surface area contributed by atoms with Crippen LogP contribution < -0.4 is 0 Å². The van der Waals surface area contributed by atoms with Gasteiger partial charge in [-0.25, -0.2) is 0 Å². The maximum atomic E-state index is 11.1. The number of ketones is 1. The number of hydrogen-bond acceptors (Lipinski definition) is 1. The molecule has 3 saturated carbocycles. The summed E-state index contributed by atoms with van der Waals surface area (Å²) in [5.74, 6) is 2.37. The first-order valence-corrected chi connectivity index (χ1v) is 4.85. The molecule has 3 aliphatic carbocycles. The van der Waals surface area contributed by atoms with E-state index in [4.69, 9.17) is 0 Å². The Morgan fingerprint density at radius 2 is 2.18 bits per heavy atom. The molecule has 0 heterocycles. The van der Waals surface area contributed by atoms with E-state index in [1.165, 1.54) is 25.7 Å². The fraction of sp³-hybridized carbons (Fsp3) is 0.900. The predicted octanol–water partition coefficient (Wildman–Crippen LogP) is 2.16. The standard InChI is InChI=1S/C10H14O/c11-7-5-9-8-3-1-2-4-10(8,9)6-7/h8-9H,1-6H2. The molecule has 0 aromatic carbocycles. The second-order valence-electron chi connectivity index (χ2n) is 4.61. The fourth-order valence-corrected chi connectivity index (χ4v) is 3.73. The normalized spacial score (nSPS) is 53.6. The second kappa shape index (κ2) is 1.70. The van der Waals surface area contributed by atoms with E-state index in [0.717, 1.165) is 24.7 Å². The Labute approximate surface area is 67.2 Å². The zero-order chi connectivity index (χ0) is 7.47. The monoisotopic (exact) mass is 150 g/mol. The molecule has 1 spiro atoms. The van der Waals surface area contributed by atoms with Gasteiger partial charge in [-0.3, -0.25) is 4.79 Å². The summed E-state index contributed by atoms with van der Waals surface area (Å²) < 4.78 is 0. The van der Waals surface area contributed by atoms with Crippen molar-refractivity contribution in [1.82, 2.24) is 0 Å². The van der Waals surface area contributed by atoms with E-state index < -0.39 is 0 Å². The molecule has 0 amide bonds. The van der Waals surface area contributed by atoms with Gasteiger partial charge < -0.3 is 0 Å². The largest absolute Gasteiger partial charge is 0.300 e. The van der Waals surface area contributed by atoms with E-state index in [1.807, 2.05) is 0 Å². The third-order valence-corrected chi connectivity index (χ3v) is 4.23. The van der Waals surface area contributed by atoms with Crippen molar-refractivity contribution >= 4 is 5.78 Å². The van der Waals surface area contributed by atoms with Crippen LogP contribution in [0.1, 0.15) is 38.5 Å². The van der Waals surface area contributed by atoms with E-state index in [0.29, 0.717) is 11.2 Å². The maximum absolute atomic E-state index is 11.1. The molecule has 0 radical (unpaired) electrons. The van der Waals surface area contributed by atoms with Gasteiger partial charge in [0.05, 0.1) is 0 Å². The molecule has 3 aliphatic rings. The van der Waals surface area contributed by atoms with Crippen LogP contribution in [0.2, 0.25) is 0 Å². The minimum atomic E-state index is 0.549. The Kier molecular flexibility index (Phi) is 0.961. The highest BCUT2D eigenvalue weighted by Crippen LogP contribution is 2.73. The van der Waals surface area contributed by atoms with Crippen LogP contribution in [0, 0.1) is 17.3 Å². The second-order valence-corrected chi connectivity index (χ2v) is 4.61. The van der Waals surface area contributed by atoms with Gasteiger partial charge in [0.25, 0.3) is 0 Å². The average molecular weight is 150 g/mol. The molecule has 3 fully saturated rings. The quantitative estimate of drug-likeness (QED) is 0.517. The summed E-state index contributed by atoms with van der Waals surface area (Å²) in [5.41, 5.74) is 0.579. The van der Waals surface area contributed by atoms with Crippen molar-refractivity contribution in [3.63, 3.8) is 0 Å². The number of fused-ring (bicyclic) bond motifs is 1. The van der Waals surface area contributed by atoms with E-state index >= 15 is 0 Å². The lowest BCUT2D eigenvalue weighted by molar-refractivity contribution is -0.119. The Hall–Kier alpha value is -0.330. The number of Topliss-reactive ketones (excluding diaryl/α,β-unsaturated/α-hetero) is 1. The van der Waals surface area contributed by atoms with Crippen molar-refractivity contribution in [1.29, 1.82) is 0 Å². The van der Waals surface area contributed by atoms with Crippen LogP contribution in [-0.4, -0.2) is 5.78 Å². The molecular weight excluding hydrogens is 136 g/mol. The van der Waals surface area contributed by atoms with E-state index in [9.17, 15) is 4.79 Å². The molecule has 3 atom stereocenters. The SMILES string of the molecule is O=C1CC2C3CCCCC32C1. The summed E-state index contributed by atoms with van der Waals surface area (Å²) in [6.07, 6.45) is 7.50. The number of hydrogen-bond donors (Lipinski definition) is 0. The molecule has 11 heavy (non-hydrogen) atoms. The third-order valence-electron chi connectivity index (χ3n) is 4.23. The van der Waals surface area contributed by atoms with Crippen molar-refractivity contribution in [2.24, 2.45) is 17.3 Å². The van der Waals surface area contributed by atoms with E-state index in [1.54, 1.807) is 0 Å². The van der Waals surface area contributed by atoms with Gasteiger partial charge in [-0.15, -0.1) is 0 Å². The molecule has 60 valence electrons. The van der Waals surface area contributed by atoms with Crippen molar-refractivity contribution in [3.8, 4) is 0 Å². The summed E-state index contributed by atoms with van der Waals surface area (Å²) in [6, 6.07) is 0. The molecule has 0 saturated heterocycles. The van der Waals surface area contributed by atoms with Gasteiger partial charge in [-0.1, -0.05) is 12.8 Å². The fourth-order valence-electron chi connectivity index (χ4n) is 3.73. The lowest BCUT2D eigenvalue weighted by Crippen LogP contribution is -2.11. The first kappa shape index (κ1) is 6.22. The zero-order valence-corrected chi connectivity index (χ0v) is 6.81. The van der Waals surface area contributed by atoms with Crippen LogP contribution in [0.5, 0.6) is 0 Å². The minimum absolute atomic E-state index is 0.549. The number of rotatable bonds is 0. The lowest BCUT2D eigenvalue weighted by Gasteiger charge is -2.18. The van der Waals surface area contributed by atoms with Crippen LogP contribution >= 0.6 is 0 Å². The van der Waals surface area contributed by atoms with Gasteiger partial charge in [0.1, 0.15) is 5.78 Å². The number of carbonyl (C=O) groups is 1. The van der Waals surface area contributed by atoms with Crippen LogP contribution in [0.3, 0.4) is 0 Å². The molecule has 3 rings (SSSR count). The van der Waals surface area contributed by atoms with Crippen LogP contribution in [0.4, 0.5) is 0 Å². The highest BCUT2D eigenvalue weighted by molar-refractivity contribution is 5.84. The Morgan fingerprint density at radius 1 is 1.27 bits per heavy atom. The molecule has 1 nitrogen and oxygen atoms in total. The van der Waals surface area contributed by atoms with E-state index in [-0.39, 0.29) is 0 Å². The molecule has 1 heteroatoms. The molecular formula is C10H14O.